The maximum atomic E-state index is 11.8. The van der Waals surface area contributed by atoms with Gasteiger partial charge in [-0.05, 0) is 24.3 Å². The SMILES string of the molecule is O=C(O)CN(CC(=O)O)C(=O)NC1CCSCC1. The molecular weight excluding hydrogens is 260 g/mol. The van der Waals surface area contributed by atoms with Gasteiger partial charge in [0.15, 0.2) is 0 Å². The van der Waals surface area contributed by atoms with Gasteiger partial charge in [0.05, 0.1) is 0 Å². The van der Waals surface area contributed by atoms with Gasteiger partial charge in [-0.25, -0.2) is 4.79 Å². The van der Waals surface area contributed by atoms with E-state index in [4.69, 9.17) is 10.2 Å². The van der Waals surface area contributed by atoms with Gasteiger partial charge in [-0.3, -0.25) is 9.59 Å². The molecule has 3 N–H and O–H groups in total. The van der Waals surface area contributed by atoms with Crippen LogP contribution in [0, 0.1) is 0 Å². The van der Waals surface area contributed by atoms with Crippen LogP contribution < -0.4 is 5.32 Å². The molecule has 8 heteroatoms. The van der Waals surface area contributed by atoms with E-state index in [0.29, 0.717) is 0 Å². The van der Waals surface area contributed by atoms with E-state index in [2.05, 4.69) is 5.32 Å². The minimum absolute atomic E-state index is 0.00356. The maximum absolute atomic E-state index is 11.8. The number of hydrogen-bond donors (Lipinski definition) is 3. The Balaban J connectivity index is 2.51. The smallest absolute Gasteiger partial charge is 0.323 e. The summed E-state index contributed by atoms with van der Waals surface area (Å²) in [7, 11) is 0. The number of thioether (sulfide) groups is 1. The Bertz CT molecular complexity index is 314. The number of nitrogens with zero attached hydrogens (tertiary/aromatic N) is 1. The first kappa shape index (κ1) is 14.6. The highest BCUT2D eigenvalue weighted by Gasteiger charge is 2.23. The molecule has 0 unspecified atom stereocenters. The second-order valence-electron chi connectivity index (χ2n) is 3.98. The zero-order chi connectivity index (χ0) is 13.5. The van der Waals surface area contributed by atoms with Crippen molar-refractivity contribution in [2.24, 2.45) is 0 Å². The molecule has 1 saturated heterocycles. The minimum Gasteiger partial charge on any atom is -0.480 e. The number of aliphatic carboxylic acids is 2. The van der Waals surface area contributed by atoms with E-state index in [0.717, 1.165) is 29.2 Å². The molecule has 0 atom stereocenters. The predicted molar refractivity (Wildman–Crippen MR) is 65.7 cm³/mol. The lowest BCUT2D eigenvalue weighted by Gasteiger charge is -2.26. The van der Waals surface area contributed by atoms with Gasteiger partial charge in [0.2, 0.25) is 0 Å². The van der Waals surface area contributed by atoms with Crippen molar-refractivity contribution < 1.29 is 24.6 Å². The van der Waals surface area contributed by atoms with Crippen molar-refractivity contribution in [2.45, 2.75) is 18.9 Å². The molecule has 0 radical (unpaired) electrons. The van der Waals surface area contributed by atoms with Crippen LogP contribution in [-0.4, -0.2) is 63.7 Å². The molecule has 0 aliphatic carbocycles. The third-order valence-electron chi connectivity index (χ3n) is 2.49. The molecule has 0 saturated carbocycles. The van der Waals surface area contributed by atoms with Gasteiger partial charge in [-0.1, -0.05) is 0 Å². The topological polar surface area (TPSA) is 107 Å². The molecule has 0 spiro atoms. The summed E-state index contributed by atoms with van der Waals surface area (Å²) >= 11 is 1.80. The fraction of sp³-hybridized carbons (Fsp3) is 0.700. The van der Waals surface area contributed by atoms with Gasteiger partial charge >= 0.3 is 18.0 Å². The van der Waals surface area contributed by atoms with Crippen molar-refractivity contribution in [3.05, 3.63) is 0 Å². The van der Waals surface area contributed by atoms with Gasteiger partial charge in [-0.2, -0.15) is 11.8 Å². The molecule has 0 aromatic carbocycles. The molecule has 2 amide bonds. The van der Waals surface area contributed by atoms with Crippen molar-refractivity contribution >= 4 is 29.7 Å². The lowest BCUT2D eigenvalue weighted by molar-refractivity contribution is -0.140. The van der Waals surface area contributed by atoms with Gasteiger partial charge in [0.25, 0.3) is 0 Å². The van der Waals surface area contributed by atoms with Crippen LogP contribution in [-0.2, 0) is 9.59 Å². The monoisotopic (exact) mass is 276 g/mol. The average Bonchev–Trinajstić information content (AvgIpc) is 2.28. The molecule has 18 heavy (non-hydrogen) atoms. The lowest BCUT2D eigenvalue weighted by atomic mass is 10.1. The lowest BCUT2D eigenvalue weighted by Crippen LogP contribution is -2.49. The second-order valence-corrected chi connectivity index (χ2v) is 5.20. The summed E-state index contributed by atoms with van der Waals surface area (Å²) in [6, 6.07) is -0.625. The number of carboxylic acid groups (broad SMARTS) is 2. The first-order valence-electron chi connectivity index (χ1n) is 5.56. The second kappa shape index (κ2) is 7.10. The Morgan fingerprint density at radius 3 is 2.06 bits per heavy atom. The molecule has 102 valence electrons. The Labute approximate surface area is 109 Å². The molecule has 0 aromatic rings. The van der Waals surface area contributed by atoms with E-state index in [1.807, 2.05) is 0 Å². The highest BCUT2D eigenvalue weighted by Crippen LogP contribution is 2.17. The molecule has 0 aromatic heterocycles. The molecule has 0 bridgehead atoms. The number of amides is 2. The predicted octanol–water partition coefficient (Wildman–Crippen LogP) is 0.0628. The fourth-order valence-corrected chi connectivity index (χ4v) is 2.74. The van der Waals surface area contributed by atoms with E-state index in [1.165, 1.54) is 0 Å². The highest BCUT2D eigenvalue weighted by atomic mass is 32.2. The quantitative estimate of drug-likeness (QED) is 0.655. The van der Waals surface area contributed by atoms with Gasteiger partial charge in [0, 0.05) is 6.04 Å². The zero-order valence-electron chi connectivity index (χ0n) is 9.79. The highest BCUT2D eigenvalue weighted by molar-refractivity contribution is 7.99. The third kappa shape index (κ3) is 5.26. The molecule has 1 heterocycles. The van der Waals surface area contributed by atoms with Gasteiger partial charge < -0.3 is 20.4 Å². The van der Waals surface area contributed by atoms with E-state index in [1.54, 1.807) is 11.8 Å². The van der Waals surface area contributed by atoms with E-state index < -0.39 is 31.1 Å². The molecule has 1 fully saturated rings. The Kier molecular flexibility index (Phi) is 5.76. The molecule has 1 aliphatic heterocycles. The largest absolute Gasteiger partial charge is 0.480 e. The average molecular weight is 276 g/mol. The van der Waals surface area contributed by atoms with Crippen LogP contribution in [0.1, 0.15) is 12.8 Å². The summed E-state index contributed by atoms with van der Waals surface area (Å²) in [5, 5.41) is 19.9. The fourth-order valence-electron chi connectivity index (χ4n) is 1.63. The summed E-state index contributed by atoms with van der Waals surface area (Å²) in [5.41, 5.74) is 0. The molecule has 1 aliphatic rings. The molecule has 7 nitrogen and oxygen atoms in total. The van der Waals surface area contributed by atoms with Gasteiger partial charge in [0.1, 0.15) is 13.1 Å². The van der Waals surface area contributed by atoms with Crippen molar-refractivity contribution in [1.82, 2.24) is 10.2 Å². The summed E-state index contributed by atoms with van der Waals surface area (Å²) in [5.74, 6) is -0.567. The summed E-state index contributed by atoms with van der Waals surface area (Å²) in [6.07, 6.45) is 1.65. The van der Waals surface area contributed by atoms with Crippen molar-refractivity contribution in [1.29, 1.82) is 0 Å². The van der Waals surface area contributed by atoms with Crippen molar-refractivity contribution in [3.8, 4) is 0 Å². The minimum atomic E-state index is -1.23. The molecular formula is C10H16N2O5S. The standard InChI is InChI=1S/C10H16N2O5S/c13-8(14)5-12(6-9(15)16)10(17)11-7-1-3-18-4-2-7/h7H,1-6H2,(H,11,17)(H,13,14)(H,15,16). The summed E-state index contributed by atoms with van der Waals surface area (Å²) in [6.45, 7) is -1.22. The van der Waals surface area contributed by atoms with Crippen LogP contribution in [0.3, 0.4) is 0 Å². The maximum Gasteiger partial charge on any atom is 0.323 e. The van der Waals surface area contributed by atoms with Gasteiger partial charge in [-0.15, -0.1) is 0 Å². The number of carbonyl (C=O) groups is 3. The number of carboxylic acids is 2. The number of carbonyl (C=O) groups excluding carboxylic acids is 1. The number of hydrogen-bond acceptors (Lipinski definition) is 4. The van der Waals surface area contributed by atoms with Crippen molar-refractivity contribution in [2.75, 3.05) is 24.6 Å². The third-order valence-corrected chi connectivity index (χ3v) is 3.54. The van der Waals surface area contributed by atoms with Crippen LogP contribution in [0.5, 0.6) is 0 Å². The van der Waals surface area contributed by atoms with Crippen LogP contribution in [0.15, 0.2) is 0 Å². The van der Waals surface area contributed by atoms with Crippen LogP contribution in [0.4, 0.5) is 4.79 Å². The van der Waals surface area contributed by atoms with E-state index in [9.17, 15) is 14.4 Å². The van der Waals surface area contributed by atoms with E-state index in [-0.39, 0.29) is 6.04 Å². The Morgan fingerprint density at radius 2 is 1.61 bits per heavy atom. The van der Waals surface area contributed by atoms with Crippen LogP contribution in [0.25, 0.3) is 0 Å². The summed E-state index contributed by atoms with van der Waals surface area (Å²) in [4.78, 5) is 33.7. The zero-order valence-corrected chi connectivity index (χ0v) is 10.6. The van der Waals surface area contributed by atoms with Crippen LogP contribution >= 0.6 is 11.8 Å². The molecule has 1 rings (SSSR count). The number of rotatable bonds is 5. The van der Waals surface area contributed by atoms with E-state index >= 15 is 0 Å². The normalized spacial score (nSPS) is 16.0. The van der Waals surface area contributed by atoms with Crippen molar-refractivity contribution in [3.63, 3.8) is 0 Å². The van der Waals surface area contributed by atoms with Crippen LogP contribution in [0.2, 0.25) is 0 Å². The summed E-state index contributed by atoms with van der Waals surface area (Å²) < 4.78 is 0. The Morgan fingerprint density at radius 1 is 1.11 bits per heavy atom. The Hall–Kier alpha value is -1.44. The first-order chi connectivity index (χ1) is 8.49. The number of urea groups is 1. The number of nitrogens with one attached hydrogen (secondary N) is 1. The first-order valence-corrected chi connectivity index (χ1v) is 6.71.